The van der Waals surface area contributed by atoms with Crippen molar-refractivity contribution in [2.75, 3.05) is 7.11 Å². The Kier molecular flexibility index (Phi) is 3.19. The number of rotatable bonds is 3. The van der Waals surface area contributed by atoms with E-state index in [0.717, 1.165) is 12.8 Å². The summed E-state index contributed by atoms with van der Waals surface area (Å²) < 4.78 is 17.8. The Morgan fingerprint density at radius 3 is 2.56 bits per heavy atom. The third-order valence-electron chi connectivity index (χ3n) is 2.87. The molecule has 1 aliphatic rings. The predicted octanol–water partition coefficient (Wildman–Crippen LogP) is 1.73. The van der Waals surface area contributed by atoms with Crippen molar-refractivity contribution in [2.24, 2.45) is 0 Å². The highest BCUT2D eigenvalue weighted by Crippen LogP contribution is 2.22. The fourth-order valence-electron chi connectivity index (χ4n) is 1.75. The van der Waals surface area contributed by atoms with Crippen LogP contribution in [0.1, 0.15) is 23.2 Å². The monoisotopic (exact) mass is 223 g/mol. The maximum absolute atomic E-state index is 12.6. The van der Waals surface area contributed by atoms with Crippen LogP contribution < -0.4 is 5.32 Å². The molecule has 0 bridgehead atoms. The van der Waals surface area contributed by atoms with E-state index in [9.17, 15) is 9.18 Å². The van der Waals surface area contributed by atoms with E-state index < -0.39 is 0 Å². The van der Waals surface area contributed by atoms with Gasteiger partial charge >= 0.3 is 0 Å². The molecule has 0 atom stereocenters. The minimum atomic E-state index is -0.334. The molecule has 0 radical (unpaired) electrons. The molecule has 1 N–H and O–H groups in total. The standard InChI is InChI=1S/C12H14FNO2/c1-16-11-6-10(7-11)14-12(15)8-2-4-9(13)5-3-8/h2-5,10-11H,6-7H2,1H3,(H,14,15). The first-order valence-electron chi connectivity index (χ1n) is 5.28. The van der Waals surface area contributed by atoms with E-state index in [1.54, 1.807) is 7.11 Å². The third-order valence-corrected chi connectivity index (χ3v) is 2.87. The van der Waals surface area contributed by atoms with Crippen molar-refractivity contribution in [3.8, 4) is 0 Å². The molecule has 1 amide bonds. The Morgan fingerprint density at radius 1 is 1.38 bits per heavy atom. The average Bonchev–Trinajstić information content (AvgIpc) is 2.23. The van der Waals surface area contributed by atoms with Gasteiger partial charge in [0.1, 0.15) is 5.82 Å². The Morgan fingerprint density at radius 2 is 2.00 bits per heavy atom. The van der Waals surface area contributed by atoms with E-state index in [1.807, 2.05) is 0 Å². The molecule has 4 heteroatoms. The van der Waals surface area contributed by atoms with Gasteiger partial charge in [-0.2, -0.15) is 0 Å². The van der Waals surface area contributed by atoms with Crippen LogP contribution in [0.5, 0.6) is 0 Å². The summed E-state index contributed by atoms with van der Waals surface area (Å²) in [5.41, 5.74) is 0.488. The summed E-state index contributed by atoms with van der Waals surface area (Å²) >= 11 is 0. The van der Waals surface area contributed by atoms with Crippen molar-refractivity contribution >= 4 is 5.91 Å². The summed E-state index contributed by atoms with van der Waals surface area (Å²) in [6.07, 6.45) is 1.96. The molecule has 1 aromatic rings. The van der Waals surface area contributed by atoms with Crippen molar-refractivity contribution in [1.82, 2.24) is 5.32 Å². The number of carbonyl (C=O) groups is 1. The maximum atomic E-state index is 12.6. The van der Waals surface area contributed by atoms with Crippen LogP contribution >= 0.6 is 0 Å². The van der Waals surface area contributed by atoms with Crippen LogP contribution in [-0.2, 0) is 4.74 Å². The van der Waals surface area contributed by atoms with Crippen LogP contribution in [0, 0.1) is 5.82 Å². The second-order valence-electron chi connectivity index (χ2n) is 4.01. The van der Waals surface area contributed by atoms with Crippen molar-refractivity contribution in [1.29, 1.82) is 0 Å². The van der Waals surface area contributed by atoms with Crippen LogP contribution in [0.3, 0.4) is 0 Å². The zero-order valence-electron chi connectivity index (χ0n) is 9.07. The Bertz CT molecular complexity index is 371. The lowest BCUT2D eigenvalue weighted by atomic mass is 9.89. The summed E-state index contributed by atoms with van der Waals surface area (Å²) in [6.45, 7) is 0. The van der Waals surface area contributed by atoms with Crippen LogP contribution in [0.2, 0.25) is 0 Å². The smallest absolute Gasteiger partial charge is 0.251 e. The largest absolute Gasteiger partial charge is 0.381 e. The van der Waals surface area contributed by atoms with E-state index in [0.29, 0.717) is 5.56 Å². The van der Waals surface area contributed by atoms with E-state index in [1.165, 1.54) is 24.3 Å². The Hall–Kier alpha value is -1.42. The molecule has 0 heterocycles. The lowest BCUT2D eigenvalue weighted by Gasteiger charge is -2.34. The lowest BCUT2D eigenvalue weighted by molar-refractivity contribution is 0.0176. The number of methoxy groups -OCH3 is 1. The number of nitrogens with one attached hydrogen (secondary N) is 1. The van der Waals surface area contributed by atoms with Crippen LogP contribution in [0.15, 0.2) is 24.3 Å². The molecule has 1 aliphatic carbocycles. The zero-order chi connectivity index (χ0) is 11.5. The zero-order valence-corrected chi connectivity index (χ0v) is 9.07. The molecule has 86 valence electrons. The van der Waals surface area contributed by atoms with Gasteiger partial charge < -0.3 is 10.1 Å². The van der Waals surface area contributed by atoms with E-state index in [4.69, 9.17) is 4.74 Å². The van der Waals surface area contributed by atoms with E-state index in [2.05, 4.69) is 5.32 Å². The first-order valence-corrected chi connectivity index (χ1v) is 5.28. The van der Waals surface area contributed by atoms with Crippen LogP contribution in [0.25, 0.3) is 0 Å². The van der Waals surface area contributed by atoms with Crippen molar-refractivity contribution in [2.45, 2.75) is 25.0 Å². The average molecular weight is 223 g/mol. The fraction of sp³-hybridized carbons (Fsp3) is 0.417. The number of hydrogen-bond donors (Lipinski definition) is 1. The minimum absolute atomic E-state index is 0.153. The first kappa shape index (κ1) is 11.1. The predicted molar refractivity (Wildman–Crippen MR) is 57.7 cm³/mol. The number of hydrogen-bond acceptors (Lipinski definition) is 2. The molecular weight excluding hydrogens is 209 g/mol. The van der Waals surface area contributed by atoms with Gasteiger partial charge in [-0.15, -0.1) is 0 Å². The number of amides is 1. The van der Waals surface area contributed by atoms with Crippen molar-refractivity contribution in [3.05, 3.63) is 35.6 Å². The SMILES string of the molecule is COC1CC(NC(=O)c2ccc(F)cc2)C1. The topological polar surface area (TPSA) is 38.3 Å². The molecule has 16 heavy (non-hydrogen) atoms. The number of benzene rings is 1. The normalized spacial score (nSPS) is 23.6. The lowest BCUT2D eigenvalue weighted by Crippen LogP contribution is -2.47. The molecule has 1 saturated carbocycles. The molecule has 0 saturated heterocycles. The third kappa shape index (κ3) is 2.39. The minimum Gasteiger partial charge on any atom is -0.381 e. The van der Waals surface area contributed by atoms with Crippen LogP contribution in [0.4, 0.5) is 4.39 Å². The molecule has 0 unspecified atom stereocenters. The van der Waals surface area contributed by atoms with Gasteiger partial charge in [0.2, 0.25) is 0 Å². The van der Waals surface area contributed by atoms with Gasteiger partial charge in [-0.1, -0.05) is 0 Å². The molecule has 0 spiro atoms. The second-order valence-corrected chi connectivity index (χ2v) is 4.01. The van der Waals surface area contributed by atoms with Crippen molar-refractivity contribution in [3.63, 3.8) is 0 Å². The molecule has 3 nitrogen and oxygen atoms in total. The number of halogens is 1. The van der Waals surface area contributed by atoms with Gasteiger partial charge in [0.15, 0.2) is 0 Å². The van der Waals surface area contributed by atoms with Gasteiger partial charge in [0.25, 0.3) is 5.91 Å². The van der Waals surface area contributed by atoms with Gasteiger partial charge in [-0.3, -0.25) is 4.79 Å². The van der Waals surface area contributed by atoms with Crippen LogP contribution in [-0.4, -0.2) is 25.2 Å². The van der Waals surface area contributed by atoms with Gasteiger partial charge in [0.05, 0.1) is 6.10 Å². The van der Waals surface area contributed by atoms with Gasteiger partial charge in [-0.05, 0) is 37.1 Å². The van der Waals surface area contributed by atoms with E-state index in [-0.39, 0.29) is 23.9 Å². The number of ether oxygens (including phenoxy) is 1. The highest BCUT2D eigenvalue weighted by Gasteiger charge is 2.30. The quantitative estimate of drug-likeness (QED) is 0.847. The highest BCUT2D eigenvalue weighted by atomic mass is 19.1. The molecular formula is C12H14FNO2. The summed E-state index contributed by atoms with van der Waals surface area (Å²) in [7, 11) is 1.67. The molecule has 1 aromatic carbocycles. The highest BCUT2D eigenvalue weighted by molar-refractivity contribution is 5.94. The Labute approximate surface area is 93.6 Å². The molecule has 1 fully saturated rings. The second kappa shape index (κ2) is 4.61. The fourth-order valence-corrected chi connectivity index (χ4v) is 1.75. The first-order chi connectivity index (χ1) is 7.69. The molecule has 2 rings (SSSR count). The van der Waals surface area contributed by atoms with Crippen molar-refractivity contribution < 1.29 is 13.9 Å². The summed E-state index contributed by atoms with van der Waals surface area (Å²) in [4.78, 5) is 11.7. The Balaban J connectivity index is 1.87. The molecule has 0 aromatic heterocycles. The van der Waals surface area contributed by atoms with Gasteiger partial charge in [-0.25, -0.2) is 4.39 Å². The number of carbonyl (C=O) groups excluding carboxylic acids is 1. The summed E-state index contributed by atoms with van der Waals surface area (Å²) in [6, 6.07) is 5.72. The maximum Gasteiger partial charge on any atom is 0.251 e. The van der Waals surface area contributed by atoms with E-state index >= 15 is 0 Å². The summed E-state index contributed by atoms with van der Waals surface area (Å²) in [5, 5.41) is 2.88. The summed E-state index contributed by atoms with van der Waals surface area (Å²) in [5.74, 6) is -0.487. The molecule has 0 aliphatic heterocycles. The van der Waals surface area contributed by atoms with Gasteiger partial charge in [0, 0.05) is 18.7 Å².